The molecule has 0 aromatic heterocycles. The van der Waals surface area contributed by atoms with Gasteiger partial charge < -0.3 is 4.74 Å². The first-order valence-corrected chi connectivity index (χ1v) is 8.04. The third-order valence-electron chi connectivity index (χ3n) is 3.36. The summed E-state index contributed by atoms with van der Waals surface area (Å²) in [7, 11) is -2.19. The minimum atomic E-state index is -3.54. The van der Waals surface area contributed by atoms with Crippen LogP contribution in [0.4, 0.5) is 0 Å². The van der Waals surface area contributed by atoms with E-state index in [1.54, 1.807) is 26.0 Å². The van der Waals surface area contributed by atoms with Crippen molar-refractivity contribution >= 4 is 16.0 Å². The summed E-state index contributed by atoms with van der Waals surface area (Å²) in [5.41, 5.74) is 1.64. The normalized spacial score (nSPS) is 18.1. The topological polar surface area (TPSA) is 72.5 Å². The number of carbonyl (C=O) groups excluding carboxylic acids is 1. The number of sulfonamides is 1. The Morgan fingerprint density at radius 2 is 2.05 bits per heavy atom. The number of rotatable bonds is 4. The Balaban J connectivity index is 2.38. The lowest BCUT2D eigenvalue weighted by Crippen LogP contribution is -2.31. The average Bonchev–Trinajstić information content (AvgIpc) is 2.79. The van der Waals surface area contributed by atoms with Crippen LogP contribution in [0.3, 0.4) is 0 Å². The Morgan fingerprint density at radius 1 is 1.35 bits per heavy atom. The van der Waals surface area contributed by atoms with E-state index in [2.05, 4.69) is 4.72 Å². The smallest absolute Gasteiger partial charge is 0.309 e. The molecule has 1 aliphatic carbocycles. The van der Waals surface area contributed by atoms with Crippen LogP contribution in [0.25, 0.3) is 0 Å². The predicted octanol–water partition coefficient (Wildman–Crippen LogP) is 1.26. The van der Waals surface area contributed by atoms with Crippen LogP contribution in [0.5, 0.6) is 0 Å². The second kappa shape index (κ2) is 5.54. The van der Waals surface area contributed by atoms with E-state index in [9.17, 15) is 13.2 Å². The van der Waals surface area contributed by atoms with Crippen molar-refractivity contribution in [2.24, 2.45) is 5.92 Å². The van der Waals surface area contributed by atoms with Gasteiger partial charge in [-0.1, -0.05) is 12.1 Å². The molecule has 0 saturated carbocycles. The van der Waals surface area contributed by atoms with Gasteiger partial charge in [0.1, 0.15) is 0 Å². The lowest BCUT2D eigenvalue weighted by atomic mass is 10.1. The maximum Gasteiger partial charge on any atom is 0.309 e. The molecule has 1 aromatic carbocycles. The maximum absolute atomic E-state index is 12.3. The molecule has 110 valence electrons. The van der Waals surface area contributed by atoms with E-state index >= 15 is 0 Å². The van der Waals surface area contributed by atoms with Crippen molar-refractivity contribution in [2.75, 3.05) is 7.11 Å². The highest BCUT2D eigenvalue weighted by molar-refractivity contribution is 7.89. The number of esters is 1. The Hall–Kier alpha value is -1.40. The van der Waals surface area contributed by atoms with Gasteiger partial charge in [-0.2, -0.15) is 0 Å². The van der Waals surface area contributed by atoms with E-state index in [0.29, 0.717) is 12.8 Å². The summed E-state index contributed by atoms with van der Waals surface area (Å²) in [5, 5.41) is 0. The number of benzene rings is 1. The number of ether oxygens (including phenoxy) is 1. The van der Waals surface area contributed by atoms with Gasteiger partial charge in [0.05, 0.1) is 17.9 Å². The van der Waals surface area contributed by atoms with Crippen LogP contribution in [-0.2, 0) is 32.4 Å². The number of methoxy groups -OCH3 is 1. The van der Waals surface area contributed by atoms with E-state index < -0.39 is 10.0 Å². The highest BCUT2D eigenvalue weighted by atomic mass is 32.2. The second-order valence-electron chi connectivity index (χ2n) is 5.30. The van der Waals surface area contributed by atoms with Gasteiger partial charge in [-0.25, -0.2) is 13.1 Å². The fourth-order valence-electron chi connectivity index (χ4n) is 2.58. The number of fused-ring (bicyclic) bond motifs is 1. The van der Waals surface area contributed by atoms with Crippen molar-refractivity contribution < 1.29 is 17.9 Å². The molecule has 0 fully saturated rings. The molecule has 0 heterocycles. The molecule has 0 bridgehead atoms. The zero-order valence-corrected chi connectivity index (χ0v) is 12.7. The summed E-state index contributed by atoms with van der Waals surface area (Å²) in [4.78, 5) is 11.9. The highest BCUT2D eigenvalue weighted by Gasteiger charge is 2.32. The molecule has 6 heteroatoms. The van der Waals surface area contributed by atoms with Gasteiger partial charge in [-0.05, 0) is 43.9 Å². The van der Waals surface area contributed by atoms with Crippen molar-refractivity contribution in [1.29, 1.82) is 0 Å². The monoisotopic (exact) mass is 297 g/mol. The molecule has 0 aliphatic heterocycles. The molecular formula is C14H19NO4S. The number of hydrogen-bond acceptors (Lipinski definition) is 4. The Labute approximate surface area is 119 Å². The Kier molecular flexibility index (Phi) is 4.15. The minimum Gasteiger partial charge on any atom is -0.469 e. The van der Waals surface area contributed by atoms with Crippen LogP contribution in [0, 0.1) is 5.92 Å². The molecule has 1 aliphatic rings. The number of hydrogen-bond donors (Lipinski definition) is 1. The first-order chi connectivity index (χ1) is 9.35. The summed E-state index contributed by atoms with van der Waals surface area (Å²) >= 11 is 0. The lowest BCUT2D eigenvalue weighted by molar-refractivity contribution is -0.145. The van der Waals surface area contributed by atoms with Crippen molar-refractivity contribution in [3.05, 3.63) is 29.3 Å². The largest absolute Gasteiger partial charge is 0.469 e. The van der Waals surface area contributed by atoms with Gasteiger partial charge in [0.15, 0.2) is 0 Å². The maximum atomic E-state index is 12.3. The highest BCUT2D eigenvalue weighted by Crippen LogP contribution is 2.32. The van der Waals surface area contributed by atoms with Crippen molar-refractivity contribution in [3.8, 4) is 0 Å². The number of nitrogens with one attached hydrogen (secondary N) is 1. The quantitative estimate of drug-likeness (QED) is 0.849. The fraction of sp³-hybridized carbons (Fsp3) is 0.500. The van der Waals surface area contributed by atoms with E-state index in [1.807, 2.05) is 6.07 Å². The van der Waals surface area contributed by atoms with Crippen LogP contribution in [0.2, 0.25) is 0 Å². The van der Waals surface area contributed by atoms with Crippen LogP contribution in [-0.4, -0.2) is 27.5 Å². The van der Waals surface area contributed by atoms with Crippen LogP contribution < -0.4 is 4.72 Å². The third kappa shape index (κ3) is 2.86. The summed E-state index contributed by atoms with van der Waals surface area (Å²) in [5.74, 6) is -0.577. The molecule has 1 unspecified atom stereocenters. The van der Waals surface area contributed by atoms with Gasteiger partial charge >= 0.3 is 5.97 Å². The van der Waals surface area contributed by atoms with E-state index in [4.69, 9.17) is 4.74 Å². The SMILES string of the molecule is COC(=O)C1Cc2cccc(S(=O)(=O)NC(C)C)c2C1. The lowest BCUT2D eigenvalue weighted by Gasteiger charge is -2.13. The summed E-state index contributed by atoms with van der Waals surface area (Å²) < 4.78 is 32.0. The minimum absolute atomic E-state index is 0.173. The molecule has 1 atom stereocenters. The van der Waals surface area contributed by atoms with Crippen molar-refractivity contribution in [3.63, 3.8) is 0 Å². The molecule has 0 saturated heterocycles. The van der Waals surface area contributed by atoms with Gasteiger partial charge in [0.2, 0.25) is 10.0 Å². The summed E-state index contributed by atoms with van der Waals surface area (Å²) in [6.45, 7) is 3.55. The first-order valence-electron chi connectivity index (χ1n) is 6.56. The average molecular weight is 297 g/mol. The summed E-state index contributed by atoms with van der Waals surface area (Å²) in [6, 6.07) is 5.00. The van der Waals surface area contributed by atoms with E-state index in [0.717, 1.165) is 11.1 Å². The third-order valence-corrected chi connectivity index (χ3v) is 5.10. The second-order valence-corrected chi connectivity index (χ2v) is 6.98. The molecule has 0 radical (unpaired) electrons. The molecule has 0 amide bonds. The molecule has 1 N–H and O–H groups in total. The van der Waals surface area contributed by atoms with Crippen molar-refractivity contribution in [2.45, 2.75) is 37.6 Å². The Bertz CT molecular complexity index is 622. The molecule has 2 rings (SSSR count). The molecule has 5 nitrogen and oxygen atoms in total. The van der Waals surface area contributed by atoms with E-state index in [-0.39, 0.29) is 22.8 Å². The molecule has 1 aromatic rings. The Morgan fingerprint density at radius 3 is 2.65 bits per heavy atom. The van der Waals surface area contributed by atoms with Gasteiger partial charge in [0.25, 0.3) is 0 Å². The van der Waals surface area contributed by atoms with E-state index in [1.165, 1.54) is 7.11 Å². The van der Waals surface area contributed by atoms with Gasteiger partial charge in [-0.3, -0.25) is 4.79 Å². The number of carbonyl (C=O) groups is 1. The van der Waals surface area contributed by atoms with Crippen LogP contribution in [0.15, 0.2) is 23.1 Å². The molecule has 0 spiro atoms. The van der Waals surface area contributed by atoms with Gasteiger partial charge in [0, 0.05) is 6.04 Å². The molecule has 20 heavy (non-hydrogen) atoms. The standard InChI is InChI=1S/C14H19NO4S/c1-9(2)15-20(17,18)13-6-4-5-10-7-11(8-12(10)13)14(16)19-3/h4-6,9,11,15H,7-8H2,1-3H3. The fourth-order valence-corrected chi connectivity index (χ4v) is 4.12. The molecular weight excluding hydrogens is 278 g/mol. The predicted molar refractivity (Wildman–Crippen MR) is 74.8 cm³/mol. The van der Waals surface area contributed by atoms with Crippen molar-refractivity contribution in [1.82, 2.24) is 4.72 Å². The zero-order valence-electron chi connectivity index (χ0n) is 11.8. The van der Waals surface area contributed by atoms with Gasteiger partial charge in [-0.15, -0.1) is 0 Å². The summed E-state index contributed by atoms with van der Waals surface area (Å²) in [6.07, 6.45) is 0.949. The first kappa shape index (κ1) is 15.0. The zero-order chi connectivity index (χ0) is 14.9. The van der Waals surface area contributed by atoms with Crippen LogP contribution >= 0.6 is 0 Å². The van der Waals surface area contributed by atoms with Crippen LogP contribution in [0.1, 0.15) is 25.0 Å².